The number of furan rings is 1. The maximum absolute atomic E-state index is 12.0. The van der Waals surface area contributed by atoms with Crippen LogP contribution >= 0.6 is 11.6 Å². The van der Waals surface area contributed by atoms with E-state index in [9.17, 15) is 21.4 Å². The molecule has 0 saturated carbocycles. The van der Waals surface area contributed by atoms with E-state index in [1.165, 1.54) is 12.3 Å². The van der Waals surface area contributed by atoms with Gasteiger partial charge in [-0.15, -0.1) is 0 Å². The Labute approximate surface area is 200 Å². The van der Waals surface area contributed by atoms with Crippen LogP contribution in [0.2, 0.25) is 5.02 Å². The van der Waals surface area contributed by atoms with Crippen LogP contribution in [0.4, 0.5) is 17.1 Å². The van der Waals surface area contributed by atoms with Crippen molar-refractivity contribution < 1.29 is 55.4 Å². The fraction of sp³-hybridized carbons (Fsp3) is 0.0588. The zero-order chi connectivity index (χ0) is 21.2. The Morgan fingerprint density at radius 1 is 1.00 bits per heavy atom. The van der Waals surface area contributed by atoms with Crippen molar-refractivity contribution >= 4 is 48.8 Å². The third-order valence-electron chi connectivity index (χ3n) is 3.81. The Morgan fingerprint density at radius 2 is 1.67 bits per heavy atom. The number of hydrogen-bond donors (Lipinski definition) is 3. The Morgan fingerprint density at radius 3 is 2.20 bits per heavy atom. The van der Waals surface area contributed by atoms with E-state index in [2.05, 4.69) is 10.6 Å². The van der Waals surface area contributed by atoms with Gasteiger partial charge in [0.05, 0.1) is 29.1 Å². The Bertz CT molecular complexity index is 1230. The number of halogens is 1. The van der Waals surface area contributed by atoms with Crippen molar-refractivity contribution in [3.8, 4) is 0 Å². The van der Waals surface area contributed by atoms with Crippen LogP contribution in [0.1, 0.15) is 5.76 Å². The van der Waals surface area contributed by atoms with E-state index in [-0.39, 0.29) is 47.5 Å². The van der Waals surface area contributed by atoms with Crippen LogP contribution in [0.3, 0.4) is 0 Å². The van der Waals surface area contributed by atoms with Gasteiger partial charge < -0.3 is 19.6 Å². The molecule has 0 aliphatic heterocycles. The van der Waals surface area contributed by atoms with Crippen molar-refractivity contribution in [3.05, 3.63) is 65.6 Å². The number of rotatable bonds is 7. The summed E-state index contributed by atoms with van der Waals surface area (Å²) >= 11 is 5.84. The summed E-state index contributed by atoms with van der Waals surface area (Å²) in [5.41, 5.74) is 0.332. The normalized spacial score (nSPS) is 11.6. The molecule has 0 aliphatic rings. The molecule has 3 rings (SSSR count). The average Bonchev–Trinajstić information content (AvgIpc) is 3.13. The smallest absolute Gasteiger partial charge is 0.744 e. The molecule has 9 nitrogen and oxygen atoms in total. The van der Waals surface area contributed by atoms with E-state index in [1.54, 1.807) is 36.4 Å². The van der Waals surface area contributed by atoms with Gasteiger partial charge in [0.2, 0.25) is 10.0 Å². The molecule has 30 heavy (non-hydrogen) atoms. The SMILES string of the molecule is NS(=O)(=O)c1cc(S(=O)(=O)[O-])c(NCc2ccco2)cc1Nc1ccc(Cl)cc1.[Na+]. The predicted molar refractivity (Wildman–Crippen MR) is 107 cm³/mol. The monoisotopic (exact) mass is 479 g/mol. The maximum Gasteiger partial charge on any atom is 1.00 e. The van der Waals surface area contributed by atoms with Gasteiger partial charge >= 0.3 is 29.6 Å². The molecule has 0 radical (unpaired) electrons. The second kappa shape index (κ2) is 9.71. The van der Waals surface area contributed by atoms with Crippen molar-refractivity contribution in [1.82, 2.24) is 0 Å². The first-order valence-electron chi connectivity index (χ1n) is 7.99. The van der Waals surface area contributed by atoms with Crippen molar-refractivity contribution in [1.29, 1.82) is 0 Å². The summed E-state index contributed by atoms with van der Waals surface area (Å²) in [5, 5.41) is 11.3. The number of sulfonamides is 1. The van der Waals surface area contributed by atoms with Crippen molar-refractivity contribution in [3.63, 3.8) is 0 Å². The van der Waals surface area contributed by atoms with Gasteiger partial charge in [-0.1, -0.05) is 11.6 Å². The molecule has 1 heterocycles. The number of nitrogens with one attached hydrogen (secondary N) is 2. The molecule has 3 aromatic rings. The van der Waals surface area contributed by atoms with Crippen LogP contribution in [0.15, 0.2) is 69.0 Å². The Hall–Kier alpha value is -1.57. The van der Waals surface area contributed by atoms with Crippen LogP contribution in [-0.2, 0) is 26.7 Å². The molecule has 0 atom stereocenters. The van der Waals surface area contributed by atoms with E-state index in [0.29, 0.717) is 16.5 Å². The number of benzene rings is 2. The zero-order valence-electron chi connectivity index (χ0n) is 15.6. The maximum atomic E-state index is 12.0. The minimum Gasteiger partial charge on any atom is -0.744 e. The molecule has 4 N–H and O–H groups in total. The van der Waals surface area contributed by atoms with Crippen LogP contribution in [-0.4, -0.2) is 21.4 Å². The van der Waals surface area contributed by atoms with Crippen LogP contribution in [0.5, 0.6) is 0 Å². The molecule has 0 bridgehead atoms. The van der Waals surface area contributed by atoms with Gasteiger partial charge in [0.25, 0.3) is 0 Å². The minimum absolute atomic E-state index is 0. The second-order valence-corrected chi connectivity index (χ2v) is 9.22. The average molecular weight is 480 g/mol. The molecule has 0 amide bonds. The molecular formula is C17H15ClN3NaO6S2. The molecule has 0 fully saturated rings. The van der Waals surface area contributed by atoms with Gasteiger partial charge in [0.15, 0.2) is 0 Å². The fourth-order valence-corrected chi connectivity index (χ4v) is 4.09. The van der Waals surface area contributed by atoms with Gasteiger partial charge in [-0.05, 0) is 48.5 Å². The summed E-state index contributed by atoms with van der Waals surface area (Å²) in [6.45, 7) is 0.0601. The molecule has 0 spiro atoms. The summed E-state index contributed by atoms with van der Waals surface area (Å²) in [6.07, 6.45) is 1.43. The van der Waals surface area contributed by atoms with Crippen LogP contribution in [0, 0.1) is 0 Å². The number of primary sulfonamides is 1. The van der Waals surface area contributed by atoms with Gasteiger partial charge in [-0.3, -0.25) is 0 Å². The fourth-order valence-electron chi connectivity index (χ4n) is 2.52. The first kappa shape index (κ1) is 24.7. The molecular weight excluding hydrogens is 465 g/mol. The quantitative estimate of drug-likeness (QED) is 0.312. The standard InChI is InChI=1S/C17H16ClN3O6S2.Na/c18-11-3-5-12(6-4-11)21-15-8-14(20-10-13-2-1-7-27-13)17(29(24,25)26)9-16(15)28(19,22)23;/h1-9,20-21H,10H2,(H2,19,22,23)(H,24,25,26);/q;+1/p-1. The summed E-state index contributed by atoms with van der Waals surface area (Å²) in [7, 11) is -9.37. The van der Waals surface area contributed by atoms with Crippen LogP contribution in [0.25, 0.3) is 0 Å². The summed E-state index contributed by atoms with van der Waals surface area (Å²) in [6, 6.07) is 11.5. The Balaban J connectivity index is 0.00000320. The number of hydrogen-bond acceptors (Lipinski definition) is 8. The zero-order valence-corrected chi connectivity index (χ0v) is 20.0. The van der Waals surface area contributed by atoms with Crippen molar-refractivity contribution in [2.24, 2.45) is 5.14 Å². The van der Waals surface area contributed by atoms with Gasteiger partial charge in [0.1, 0.15) is 20.8 Å². The number of anilines is 3. The second-order valence-electron chi connectivity index (χ2n) is 5.91. The molecule has 0 aliphatic carbocycles. The van der Waals surface area contributed by atoms with Crippen molar-refractivity contribution in [2.75, 3.05) is 10.6 Å². The molecule has 13 heteroatoms. The van der Waals surface area contributed by atoms with Crippen LogP contribution < -0.4 is 45.3 Å². The first-order valence-corrected chi connectivity index (χ1v) is 11.3. The number of nitrogens with two attached hydrogens (primary N) is 1. The Kier molecular flexibility index (Phi) is 7.99. The predicted octanol–water partition coefficient (Wildman–Crippen LogP) is -0.156. The molecule has 0 unspecified atom stereocenters. The van der Waals surface area contributed by atoms with Gasteiger partial charge in [-0.2, -0.15) is 0 Å². The van der Waals surface area contributed by atoms with E-state index in [1.807, 2.05) is 0 Å². The van der Waals surface area contributed by atoms with E-state index < -0.39 is 29.9 Å². The topological polar surface area (TPSA) is 155 Å². The summed E-state index contributed by atoms with van der Waals surface area (Å²) in [5.74, 6) is 0.474. The van der Waals surface area contributed by atoms with Gasteiger partial charge in [-0.25, -0.2) is 22.0 Å². The minimum atomic E-state index is -5.01. The van der Waals surface area contributed by atoms with Crippen molar-refractivity contribution in [2.45, 2.75) is 16.3 Å². The summed E-state index contributed by atoms with van der Waals surface area (Å²) in [4.78, 5) is -1.31. The first-order chi connectivity index (χ1) is 13.5. The van der Waals surface area contributed by atoms with Gasteiger partial charge in [0, 0.05) is 10.7 Å². The van der Waals surface area contributed by atoms with E-state index in [4.69, 9.17) is 21.2 Å². The molecule has 2 aromatic carbocycles. The molecule has 154 valence electrons. The largest absolute Gasteiger partial charge is 1.00 e. The third kappa shape index (κ3) is 6.22. The van der Waals surface area contributed by atoms with E-state index in [0.717, 1.165) is 6.07 Å². The molecule has 1 aromatic heterocycles. The van der Waals surface area contributed by atoms with E-state index >= 15 is 0 Å². The summed E-state index contributed by atoms with van der Waals surface area (Å²) < 4.78 is 64.3. The molecule has 0 saturated heterocycles. The third-order valence-corrected chi connectivity index (χ3v) is 5.89.